The summed E-state index contributed by atoms with van der Waals surface area (Å²) in [6.45, 7) is 5.00. The van der Waals surface area contributed by atoms with E-state index < -0.39 is 6.10 Å². The van der Waals surface area contributed by atoms with Gasteiger partial charge in [0.1, 0.15) is 5.69 Å². The van der Waals surface area contributed by atoms with Gasteiger partial charge in [0.05, 0.1) is 6.10 Å². The molecule has 1 aliphatic heterocycles. The highest BCUT2D eigenvalue weighted by molar-refractivity contribution is 5.93. The smallest absolute Gasteiger partial charge is 0.272 e. The average Bonchev–Trinajstić information content (AvgIpc) is 2.32. The number of nitrogens with zero attached hydrogens (tertiary/aromatic N) is 2. The Morgan fingerprint density at radius 2 is 2.35 bits per heavy atom. The van der Waals surface area contributed by atoms with E-state index in [2.05, 4.69) is 4.98 Å². The van der Waals surface area contributed by atoms with Gasteiger partial charge in [-0.2, -0.15) is 0 Å². The van der Waals surface area contributed by atoms with Crippen LogP contribution in [0, 0.1) is 12.8 Å². The number of piperidine rings is 1. The number of carbonyl (C=O) groups excluding carboxylic acids is 1. The summed E-state index contributed by atoms with van der Waals surface area (Å²) < 4.78 is 0. The second-order valence-electron chi connectivity index (χ2n) is 4.75. The Labute approximate surface area is 101 Å². The third-order valence-electron chi connectivity index (χ3n) is 3.42. The lowest BCUT2D eigenvalue weighted by molar-refractivity contribution is 0.0245. The number of carbonyl (C=O) groups is 1. The summed E-state index contributed by atoms with van der Waals surface area (Å²) in [6, 6.07) is 3.70. The van der Waals surface area contributed by atoms with Crippen molar-refractivity contribution >= 4 is 5.91 Å². The maximum Gasteiger partial charge on any atom is 0.272 e. The maximum atomic E-state index is 12.2. The van der Waals surface area contributed by atoms with Crippen LogP contribution in [-0.2, 0) is 0 Å². The minimum absolute atomic E-state index is 0.0750. The van der Waals surface area contributed by atoms with E-state index in [1.54, 1.807) is 11.1 Å². The number of pyridine rings is 1. The lowest BCUT2D eigenvalue weighted by Gasteiger charge is -2.34. The van der Waals surface area contributed by atoms with Crippen molar-refractivity contribution in [3.63, 3.8) is 0 Å². The first-order valence-corrected chi connectivity index (χ1v) is 5.98. The van der Waals surface area contributed by atoms with E-state index in [0.29, 0.717) is 18.8 Å². The van der Waals surface area contributed by atoms with Crippen LogP contribution in [0.5, 0.6) is 0 Å². The van der Waals surface area contributed by atoms with Gasteiger partial charge in [-0.15, -0.1) is 0 Å². The van der Waals surface area contributed by atoms with E-state index in [0.717, 1.165) is 12.0 Å². The molecule has 1 aromatic rings. The highest BCUT2D eigenvalue weighted by Crippen LogP contribution is 2.19. The first-order chi connectivity index (χ1) is 8.09. The molecular formula is C13H18N2O2. The highest BCUT2D eigenvalue weighted by Gasteiger charge is 2.28. The molecule has 1 fully saturated rings. The van der Waals surface area contributed by atoms with Crippen LogP contribution in [0.3, 0.4) is 0 Å². The third kappa shape index (κ3) is 2.47. The Bertz CT molecular complexity index is 420. The number of hydrogen-bond acceptors (Lipinski definition) is 3. The van der Waals surface area contributed by atoms with Crippen molar-refractivity contribution in [1.82, 2.24) is 9.88 Å². The predicted molar refractivity (Wildman–Crippen MR) is 64.7 cm³/mol. The van der Waals surface area contributed by atoms with Crippen molar-refractivity contribution in [2.45, 2.75) is 26.4 Å². The fraction of sp³-hybridized carbons (Fsp3) is 0.538. The summed E-state index contributed by atoms with van der Waals surface area (Å²) in [6.07, 6.45) is 2.05. The van der Waals surface area contributed by atoms with Crippen LogP contribution in [0.4, 0.5) is 0 Å². The molecule has 0 aromatic carbocycles. The molecule has 17 heavy (non-hydrogen) atoms. The first kappa shape index (κ1) is 12.0. The summed E-state index contributed by atoms with van der Waals surface area (Å²) in [5.74, 6) is 0.193. The Kier molecular flexibility index (Phi) is 3.43. The molecule has 2 heterocycles. The van der Waals surface area contributed by atoms with Gasteiger partial charge in [-0.3, -0.25) is 9.78 Å². The van der Waals surface area contributed by atoms with Crippen LogP contribution in [0.1, 0.15) is 29.4 Å². The highest BCUT2D eigenvalue weighted by atomic mass is 16.3. The molecule has 92 valence electrons. The zero-order valence-electron chi connectivity index (χ0n) is 10.3. The van der Waals surface area contributed by atoms with Crippen LogP contribution >= 0.6 is 0 Å². The molecule has 4 heteroatoms. The number of aromatic nitrogens is 1. The van der Waals surface area contributed by atoms with Gasteiger partial charge in [-0.05, 0) is 30.9 Å². The summed E-state index contributed by atoms with van der Waals surface area (Å²) in [7, 11) is 0. The number of amides is 1. The lowest BCUT2D eigenvalue weighted by atomic mass is 9.96. The van der Waals surface area contributed by atoms with Crippen LogP contribution in [0.25, 0.3) is 0 Å². The Morgan fingerprint density at radius 3 is 3.00 bits per heavy atom. The molecule has 4 nitrogen and oxygen atoms in total. The zero-order chi connectivity index (χ0) is 12.4. The summed E-state index contributed by atoms with van der Waals surface area (Å²) in [4.78, 5) is 18.0. The summed E-state index contributed by atoms with van der Waals surface area (Å²) >= 11 is 0. The quantitative estimate of drug-likeness (QED) is 0.795. The fourth-order valence-corrected chi connectivity index (χ4v) is 2.09. The number of rotatable bonds is 1. The molecular weight excluding hydrogens is 216 g/mol. The number of likely N-dealkylation sites (tertiary alicyclic amines) is 1. The molecule has 1 aromatic heterocycles. The van der Waals surface area contributed by atoms with E-state index >= 15 is 0 Å². The van der Waals surface area contributed by atoms with Gasteiger partial charge in [0.2, 0.25) is 0 Å². The van der Waals surface area contributed by atoms with Crippen molar-refractivity contribution in [2.75, 3.05) is 13.1 Å². The number of hydrogen-bond donors (Lipinski definition) is 1. The number of β-amino-alcohol motifs (C(OH)–C–C–N with tert-alkyl or cyclic N) is 1. The minimum Gasteiger partial charge on any atom is -0.391 e. The van der Waals surface area contributed by atoms with E-state index in [1.807, 2.05) is 26.0 Å². The molecule has 1 aliphatic rings. The van der Waals surface area contributed by atoms with Crippen LogP contribution in [-0.4, -0.2) is 40.1 Å². The minimum atomic E-state index is -0.420. The Balaban J connectivity index is 2.14. The van der Waals surface area contributed by atoms with E-state index in [4.69, 9.17) is 0 Å². The van der Waals surface area contributed by atoms with Gasteiger partial charge in [-0.25, -0.2) is 0 Å². The maximum absolute atomic E-state index is 12.2. The summed E-state index contributed by atoms with van der Waals surface area (Å²) in [5, 5.41) is 9.80. The van der Waals surface area contributed by atoms with Crippen molar-refractivity contribution in [3.05, 3.63) is 29.6 Å². The van der Waals surface area contributed by atoms with Crippen molar-refractivity contribution in [3.8, 4) is 0 Å². The van der Waals surface area contributed by atoms with Gasteiger partial charge in [0.15, 0.2) is 0 Å². The molecule has 0 saturated carbocycles. The van der Waals surface area contributed by atoms with Crippen molar-refractivity contribution < 1.29 is 9.90 Å². The molecule has 2 atom stereocenters. The van der Waals surface area contributed by atoms with Crippen molar-refractivity contribution in [2.24, 2.45) is 5.92 Å². The molecule has 0 bridgehead atoms. The van der Waals surface area contributed by atoms with Gasteiger partial charge >= 0.3 is 0 Å². The second-order valence-corrected chi connectivity index (χ2v) is 4.75. The zero-order valence-corrected chi connectivity index (χ0v) is 10.3. The topological polar surface area (TPSA) is 53.4 Å². The third-order valence-corrected chi connectivity index (χ3v) is 3.42. The standard InChI is InChI=1S/C13H18N2O2/c1-9-5-7-15(8-11(9)16)13(17)12-10(2)4-3-6-14-12/h3-4,6,9,11,16H,5,7-8H2,1-2H3. The van der Waals surface area contributed by atoms with Gasteiger partial charge < -0.3 is 10.0 Å². The molecule has 0 spiro atoms. The second kappa shape index (κ2) is 4.84. The molecule has 1 saturated heterocycles. The predicted octanol–water partition coefficient (Wildman–Crippen LogP) is 1.23. The summed E-state index contributed by atoms with van der Waals surface area (Å²) in [5.41, 5.74) is 1.37. The Morgan fingerprint density at radius 1 is 1.59 bits per heavy atom. The van der Waals surface area contributed by atoms with E-state index in [1.165, 1.54) is 0 Å². The molecule has 1 amide bonds. The van der Waals surface area contributed by atoms with Crippen molar-refractivity contribution in [1.29, 1.82) is 0 Å². The molecule has 1 N–H and O–H groups in total. The first-order valence-electron chi connectivity index (χ1n) is 5.98. The molecule has 2 unspecified atom stereocenters. The lowest BCUT2D eigenvalue weighted by Crippen LogP contribution is -2.46. The average molecular weight is 234 g/mol. The number of aliphatic hydroxyl groups is 1. The van der Waals surface area contributed by atoms with Gasteiger partial charge in [0.25, 0.3) is 5.91 Å². The van der Waals surface area contributed by atoms with Crippen LogP contribution in [0.15, 0.2) is 18.3 Å². The van der Waals surface area contributed by atoms with E-state index in [9.17, 15) is 9.90 Å². The van der Waals surface area contributed by atoms with Crippen LogP contribution < -0.4 is 0 Å². The number of aryl methyl sites for hydroxylation is 1. The Hall–Kier alpha value is -1.42. The monoisotopic (exact) mass is 234 g/mol. The molecule has 2 rings (SSSR count). The van der Waals surface area contributed by atoms with E-state index in [-0.39, 0.29) is 11.8 Å². The normalized spacial score (nSPS) is 24.8. The van der Waals surface area contributed by atoms with Gasteiger partial charge in [-0.1, -0.05) is 13.0 Å². The SMILES string of the molecule is Cc1cccnc1C(=O)N1CCC(C)C(O)C1. The molecule has 0 radical (unpaired) electrons. The van der Waals surface area contributed by atoms with Gasteiger partial charge in [0, 0.05) is 19.3 Å². The molecule has 0 aliphatic carbocycles. The fourth-order valence-electron chi connectivity index (χ4n) is 2.09. The van der Waals surface area contributed by atoms with Crippen LogP contribution in [0.2, 0.25) is 0 Å². The number of aliphatic hydroxyl groups excluding tert-OH is 1. The largest absolute Gasteiger partial charge is 0.391 e.